The van der Waals surface area contributed by atoms with E-state index in [0.717, 1.165) is 82.5 Å². The maximum absolute atomic E-state index is 13.3. The van der Waals surface area contributed by atoms with E-state index < -0.39 is 5.60 Å². The summed E-state index contributed by atoms with van der Waals surface area (Å²) in [5.74, 6) is 0.255. The van der Waals surface area contributed by atoms with Crippen molar-refractivity contribution < 1.29 is 9.90 Å². The zero-order chi connectivity index (χ0) is 22.0. The minimum atomic E-state index is -0.692. The lowest BCUT2D eigenvalue weighted by molar-refractivity contribution is -0.120. The molecular weight excluding hydrogens is 398 g/mol. The Hall–Kier alpha value is -2.37. The molecule has 1 unspecified atom stereocenters. The summed E-state index contributed by atoms with van der Waals surface area (Å²) >= 11 is 0. The highest BCUT2D eigenvalue weighted by atomic mass is 16.3. The van der Waals surface area contributed by atoms with E-state index in [1.807, 2.05) is 29.2 Å². The van der Waals surface area contributed by atoms with Crippen molar-refractivity contribution in [2.45, 2.75) is 50.5 Å². The number of hydrogen-bond donors (Lipinski definition) is 2. The molecule has 0 radical (unpaired) electrons. The first kappa shape index (κ1) is 21.5. The maximum Gasteiger partial charge on any atom is 0.230 e. The molecule has 1 atom stereocenters. The molecule has 1 saturated carbocycles. The van der Waals surface area contributed by atoms with Gasteiger partial charge in [0.2, 0.25) is 5.91 Å². The van der Waals surface area contributed by atoms with Crippen molar-refractivity contribution in [1.82, 2.24) is 5.32 Å². The summed E-state index contributed by atoms with van der Waals surface area (Å²) < 4.78 is 0. The molecule has 5 rings (SSSR count). The molecule has 2 saturated heterocycles. The maximum atomic E-state index is 13.3. The summed E-state index contributed by atoms with van der Waals surface area (Å²) in [6.45, 7) is 4.81. The van der Waals surface area contributed by atoms with E-state index in [1.165, 1.54) is 17.7 Å². The Morgan fingerprint density at radius 1 is 0.938 bits per heavy atom. The molecule has 2 aromatic carbocycles. The van der Waals surface area contributed by atoms with Crippen molar-refractivity contribution in [3.8, 4) is 0 Å². The number of benzene rings is 2. The fraction of sp³-hybridized carbons (Fsp3) is 0.519. The third-order valence-corrected chi connectivity index (χ3v) is 7.63. The number of hydrogen-bond acceptors (Lipinski definition) is 4. The van der Waals surface area contributed by atoms with Gasteiger partial charge in [0, 0.05) is 50.0 Å². The van der Waals surface area contributed by atoms with Gasteiger partial charge in [-0.1, -0.05) is 49.6 Å². The van der Waals surface area contributed by atoms with Gasteiger partial charge < -0.3 is 20.2 Å². The van der Waals surface area contributed by atoms with E-state index in [-0.39, 0.29) is 11.8 Å². The van der Waals surface area contributed by atoms with Crippen LogP contribution in [0.1, 0.15) is 49.7 Å². The van der Waals surface area contributed by atoms with Crippen LogP contribution >= 0.6 is 0 Å². The molecule has 2 aliphatic heterocycles. The quantitative estimate of drug-likeness (QED) is 0.752. The smallest absolute Gasteiger partial charge is 0.230 e. The zero-order valence-corrected chi connectivity index (χ0v) is 18.9. The van der Waals surface area contributed by atoms with E-state index in [1.54, 1.807) is 0 Å². The molecule has 2 N–H and O–H groups in total. The molecule has 3 aliphatic rings. The Balaban J connectivity index is 1.28. The zero-order valence-electron chi connectivity index (χ0n) is 18.9. The van der Waals surface area contributed by atoms with Crippen molar-refractivity contribution in [2.24, 2.45) is 5.92 Å². The van der Waals surface area contributed by atoms with Crippen molar-refractivity contribution in [2.75, 3.05) is 42.5 Å². The van der Waals surface area contributed by atoms with Gasteiger partial charge in [0.15, 0.2) is 0 Å². The standard InChI is InChI=1S/C27H35N3O2/c31-26-22(20-21-6-2-3-7-25(21)29-18-15-28-16-19-29)12-17-30(26)24-10-8-23(9-11-24)27(32)13-4-1-5-14-27/h2-3,6-11,22,28,32H,1,4-5,12-20H2. The molecule has 170 valence electrons. The van der Waals surface area contributed by atoms with Gasteiger partial charge in [0.05, 0.1) is 5.60 Å². The van der Waals surface area contributed by atoms with Crippen LogP contribution in [0.2, 0.25) is 0 Å². The van der Waals surface area contributed by atoms with Gasteiger partial charge in [-0.25, -0.2) is 0 Å². The normalized spacial score (nSPS) is 23.5. The Kier molecular flexibility index (Phi) is 6.20. The van der Waals surface area contributed by atoms with Gasteiger partial charge in [-0.2, -0.15) is 0 Å². The van der Waals surface area contributed by atoms with Gasteiger partial charge in [0.1, 0.15) is 0 Å². The molecule has 1 aliphatic carbocycles. The number of para-hydroxylation sites is 1. The Morgan fingerprint density at radius 3 is 2.41 bits per heavy atom. The molecule has 5 heteroatoms. The predicted molar refractivity (Wildman–Crippen MR) is 129 cm³/mol. The lowest BCUT2D eigenvalue weighted by Gasteiger charge is -2.33. The molecule has 1 amide bonds. The summed E-state index contributed by atoms with van der Waals surface area (Å²) in [5, 5.41) is 14.4. The second kappa shape index (κ2) is 9.24. The second-order valence-corrected chi connectivity index (χ2v) is 9.68. The van der Waals surface area contributed by atoms with Crippen LogP contribution in [-0.2, 0) is 16.8 Å². The number of aliphatic hydroxyl groups is 1. The largest absolute Gasteiger partial charge is 0.385 e. The van der Waals surface area contributed by atoms with E-state index in [2.05, 4.69) is 34.5 Å². The second-order valence-electron chi connectivity index (χ2n) is 9.68. The summed E-state index contributed by atoms with van der Waals surface area (Å²) in [6.07, 6.45) is 6.74. The predicted octanol–water partition coefficient (Wildman–Crippen LogP) is 3.84. The fourth-order valence-electron chi connectivity index (χ4n) is 5.72. The van der Waals surface area contributed by atoms with Gasteiger partial charge in [0.25, 0.3) is 0 Å². The summed E-state index contributed by atoms with van der Waals surface area (Å²) in [7, 11) is 0. The highest BCUT2D eigenvalue weighted by Gasteiger charge is 2.34. The van der Waals surface area contributed by atoms with Crippen molar-refractivity contribution in [3.63, 3.8) is 0 Å². The van der Waals surface area contributed by atoms with Gasteiger partial charge in [-0.3, -0.25) is 4.79 Å². The van der Waals surface area contributed by atoms with E-state index >= 15 is 0 Å². The molecule has 3 fully saturated rings. The number of amides is 1. The van der Waals surface area contributed by atoms with E-state index in [4.69, 9.17) is 0 Å². The third-order valence-electron chi connectivity index (χ3n) is 7.63. The Labute approximate surface area is 191 Å². The van der Waals surface area contributed by atoms with Crippen LogP contribution in [-0.4, -0.2) is 43.7 Å². The number of nitrogens with zero attached hydrogens (tertiary/aromatic N) is 2. The average Bonchev–Trinajstić information content (AvgIpc) is 3.20. The molecule has 0 spiro atoms. The topological polar surface area (TPSA) is 55.8 Å². The number of piperazine rings is 1. The molecule has 2 aromatic rings. The van der Waals surface area contributed by atoms with Crippen LogP contribution in [0.25, 0.3) is 0 Å². The monoisotopic (exact) mass is 433 g/mol. The average molecular weight is 434 g/mol. The highest BCUT2D eigenvalue weighted by Crippen LogP contribution is 2.38. The lowest BCUT2D eigenvalue weighted by Crippen LogP contribution is -2.44. The van der Waals surface area contributed by atoms with Crippen molar-refractivity contribution in [3.05, 3.63) is 59.7 Å². The number of carbonyl (C=O) groups excluding carboxylic acids is 1. The number of anilines is 2. The summed E-state index contributed by atoms with van der Waals surface area (Å²) in [6, 6.07) is 16.7. The number of nitrogens with one attached hydrogen (secondary N) is 1. The first-order valence-electron chi connectivity index (χ1n) is 12.3. The minimum absolute atomic E-state index is 0.0290. The van der Waals surface area contributed by atoms with Crippen LogP contribution in [0.4, 0.5) is 11.4 Å². The number of rotatable bonds is 5. The fourth-order valence-corrected chi connectivity index (χ4v) is 5.72. The van der Waals surface area contributed by atoms with Crippen LogP contribution < -0.4 is 15.1 Å². The Bertz CT molecular complexity index is 930. The highest BCUT2D eigenvalue weighted by molar-refractivity contribution is 5.97. The SMILES string of the molecule is O=C1C(Cc2ccccc2N2CCNCC2)CCN1c1ccc(C2(O)CCCCC2)cc1. The molecule has 0 aromatic heterocycles. The van der Waals surface area contributed by atoms with E-state index in [0.29, 0.717) is 0 Å². The lowest BCUT2D eigenvalue weighted by atomic mass is 9.80. The third kappa shape index (κ3) is 4.28. The van der Waals surface area contributed by atoms with Gasteiger partial charge >= 0.3 is 0 Å². The van der Waals surface area contributed by atoms with Crippen molar-refractivity contribution in [1.29, 1.82) is 0 Å². The van der Waals surface area contributed by atoms with Gasteiger partial charge in [-0.15, -0.1) is 0 Å². The molecule has 5 nitrogen and oxygen atoms in total. The van der Waals surface area contributed by atoms with Crippen LogP contribution in [0, 0.1) is 5.92 Å². The Morgan fingerprint density at radius 2 is 1.66 bits per heavy atom. The van der Waals surface area contributed by atoms with Crippen LogP contribution in [0.5, 0.6) is 0 Å². The van der Waals surface area contributed by atoms with Crippen LogP contribution in [0.15, 0.2) is 48.5 Å². The first-order chi connectivity index (χ1) is 15.6. The summed E-state index contributed by atoms with van der Waals surface area (Å²) in [5.41, 5.74) is 3.82. The molecular formula is C27H35N3O2. The first-order valence-corrected chi connectivity index (χ1v) is 12.3. The van der Waals surface area contributed by atoms with Crippen molar-refractivity contribution >= 4 is 17.3 Å². The van der Waals surface area contributed by atoms with Gasteiger partial charge in [-0.05, 0) is 55.0 Å². The number of carbonyl (C=O) groups is 1. The summed E-state index contributed by atoms with van der Waals surface area (Å²) in [4.78, 5) is 17.7. The van der Waals surface area contributed by atoms with Crippen LogP contribution in [0.3, 0.4) is 0 Å². The minimum Gasteiger partial charge on any atom is -0.385 e. The molecule has 32 heavy (non-hydrogen) atoms. The van der Waals surface area contributed by atoms with E-state index in [9.17, 15) is 9.90 Å². The molecule has 0 bridgehead atoms. The molecule has 2 heterocycles.